The lowest BCUT2D eigenvalue weighted by atomic mass is 9.63. The maximum Gasteiger partial charge on any atom is 0.326 e. The third-order valence-electron chi connectivity index (χ3n) is 13.3. The van der Waals surface area contributed by atoms with Crippen molar-refractivity contribution in [3.05, 3.63) is 65.3 Å². The number of nitrogens with one attached hydrogen (secondary N) is 6. The second kappa shape index (κ2) is 29.9. The van der Waals surface area contributed by atoms with E-state index >= 15 is 0 Å². The van der Waals surface area contributed by atoms with E-state index in [2.05, 4.69) is 41.5 Å². The van der Waals surface area contributed by atoms with Crippen LogP contribution in [0.4, 0.5) is 28.3 Å². The highest BCUT2D eigenvalue weighted by molar-refractivity contribution is 5.87. The molecule has 0 spiro atoms. The van der Waals surface area contributed by atoms with Crippen molar-refractivity contribution in [3.63, 3.8) is 0 Å². The third-order valence-corrected chi connectivity index (χ3v) is 13.3. The van der Waals surface area contributed by atoms with Crippen LogP contribution < -0.4 is 36.8 Å². The molecule has 0 saturated heterocycles. The van der Waals surface area contributed by atoms with Gasteiger partial charge in [0.2, 0.25) is 23.8 Å². The van der Waals surface area contributed by atoms with Gasteiger partial charge in [0, 0.05) is 64.8 Å². The lowest BCUT2D eigenvalue weighted by molar-refractivity contribution is -0.142. The second-order valence-electron chi connectivity index (χ2n) is 20.2. The van der Waals surface area contributed by atoms with Crippen LogP contribution in [0.25, 0.3) is 0 Å². The van der Waals surface area contributed by atoms with Crippen LogP contribution in [-0.2, 0) is 30.4 Å². The Morgan fingerprint density at radius 2 is 1.38 bits per heavy atom. The van der Waals surface area contributed by atoms with Gasteiger partial charge in [0.1, 0.15) is 29.4 Å². The number of amides is 3. The number of carboxylic acids is 4. The topological polar surface area (TPSA) is 368 Å². The number of likely N-dealkylation sites (N-methyl/N-ethyl adjacent to an activating group) is 2. The Balaban J connectivity index is 1.31. The van der Waals surface area contributed by atoms with Crippen molar-refractivity contribution in [2.45, 2.75) is 101 Å². The van der Waals surface area contributed by atoms with Gasteiger partial charge in [-0.2, -0.15) is 15.0 Å². The fourth-order valence-corrected chi connectivity index (χ4v) is 9.31. The first-order valence-corrected chi connectivity index (χ1v) is 25.7. The zero-order valence-corrected chi connectivity index (χ0v) is 44.9. The quantitative estimate of drug-likeness (QED) is 0.0395. The lowest BCUT2D eigenvalue weighted by Gasteiger charge is -2.54. The smallest absolute Gasteiger partial charge is 0.326 e. The molecule has 26 nitrogen and oxygen atoms in total. The second-order valence-corrected chi connectivity index (χ2v) is 20.2. The number of aliphatic carboxylic acids is 4. The van der Waals surface area contributed by atoms with Gasteiger partial charge in [0.05, 0.1) is 37.1 Å². The molecule has 0 fully saturated rings. The molecule has 26 heteroatoms. The Morgan fingerprint density at radius 3 is 1.97 bits per heavy atom. The average Bonchev–Trinajstić information content (AvgIpc) is 3.41. The highest BCUT2D eigenvalue weighted by Crippen LogP contribution is 2.47. The summed E-state index contributed by atoms with van der Waals surface area (Å²) in [4.78, 5) is 92.1. The van der Waals surface area contributed by atoms with Gasteiger partial charge < -0.3 is 77.4 Å². The average molecular weight is 1080 g/mol. The van der Waals surface area contributed by atoms with Crippen LogP contribution in [-0.4, -0.2) is 212 Å². The van der Waals surface area contributed by atoms with Gasteiger partial charge >= 0.3 is 29.9 Å². The summed E-state index contributed by atoms with van der Waals surface area (Å²) in [7, 11) is 9.10. The number of carbonyl (C=O) groups excluding carboxylic acids is 2. The van der Waals surface area contributed by atoms with E-state index in [-0.39, 0.29) is 56.3 Å². The van der Waals surface area contributed by atoms with Crippen molar-refractivity contribution < 1.29 is 64.5 Å². The fourth-order valence-electron chi connectivity index (χ4n) is 9.31. The predicted molar refractivity (Wildman–Crippen MR) is 287 cm³/mol. The Bertz CT molecular complexity index is 2420. The normalized spacial score (nSPS) is 20.1. The molecule has 1 aromatic heterocycles. The van der Waals surface area contributed by atoms with Crippen LogP contribution in [0, 0.1) is 5.41 Å². The first kappa shape index (κ1) is 62.3. The minimum atomic E-state index is -1.54. The number of nitrogens with zero attached hydrogens (tertiary/aromatic N) is 7. The fraction of sp³-hybridized carbons (Fsp3) is 0.588. The number of fused-ring (bicyclic) bond motifs is 1. The number of carboxylic acid groups (broad SMARTS) is 4. The summed E-state index contributed by atoms with van der Waals surface area (Å²) in [5, 5.41) is 88.9. The molecule has 2 unspecified atom stereocenters. The van der Waals surface area contributed by atoms with Crippen molar-refractivity contribution in [3.8, 4) is 0 Å². The molecule has 13 N–H and O–H groups in total. The monoisotopic (exact) mass is 1080 g/mol. The van der Waals surface area contributed by atoms with Crippen LogP contribution in [0.2, 0.25) is 0 Å². The number of aliphatic hydroxyl groups excluding tert-OH is 3. The molecule has 0 bridgehead atoms. The highest BCUT2D eigenvalue weighted by Gasteiger charge is 2.55. The molecule has 3 heterocycles. The molecular weight excluding hydrogens is 1000 g/mol. The summed E-state index contributed by atoms with van der Waals surface area (Å²) in [6.07, 6.45) is 9.03. The van der Waals surface area contributed by atoms with Gasteiger partial charge in [-0.3, -0.25) is 24.2 Å². The van der Waals surface area contributed by atoms with Crippen LogP contribution >= 0.6 is 0 Å². The molecule has 2 aromatic rings. The van der Waals surface area contributed by atoms with E-state index in [1.165, 1.54) is 0 Å². The minimum absolute atomic E-state index is 0.0114. The van der Waals surface area contributed by atoms with Crippen LogP contribution in [0.1, 0.15) is 76.7 Å². The summed E-state index contributed by atoms with van der Waals surface area (Å²) in [6, 6.07) is 3.01. The zero-order valence-electron chi connectivity index (χ0n) is 44.9. The number of carbonyl (C=O) groups is 6. The van der Waals surface area contributed by atoms with Crippen molar-refractivity contribution in [2.75, 3.05) is 103 Å². The van der Waals surface area contributed by atoms with Crippen molar-refractivity contribution in [2.24, 2.45) is 5.41 Å². The van der Waals surface area contributed by atoms with E-state index in [0.29, 0.717) is 62.6 Å². The Labute approximate surface area is 448 Å². The van der Waals surface area contributed by atoms with Gasteiger partial charge in [-0.05, 0) is 96.1 Å². The molecule has 3 amide bonds. The summed E-state index contributed by atoms with van der Waals surface area (Å²) in [5.74, 6) is -4.49. The van der Waals surface area contributed by atoms with Gasteiger partial charge in [0.25, 0.3) is 0 Å². The van der Waals surface area contributed by atoms with E-state index in [1.807, 2.05) is 81.5 Å². The highest BCUT2D eigenvalue weighted by atomic mass is 16.4. The standard InChI is InChI=1S/C51H79N13O13/c1-50-40(54-29-35(65)26-51(50,27-36(66)30-61(2)3)28-37(67)31-63(6)23-24-64(50)32-43(71)72)25-33-13-15-34(16-14-33)55-47-58-46(59-48(60-47)62(4)5)53-22-12-10-8-7-9-11-21-52-41(68)19-17-38(44(73)74)56-49(77)57-39(45(75)76)18-20-42(69)70/h13-16,26-28,38-40,54,65-67H,7-12,17-25,29-32H2,1-6H3,(H,52,68)(H,69,70)(H,71,72)(H,73,74)(H,75,76)(H2,56,57,77)(H2,53,55,58,59,60)/b36-27+,37-28?/t38-,39-,40?,50?,51+/m0/s1. The van der Waals surface area contributed by atoms with E-state index in [9.17, 15) is 59.4 Å². The largest absolute Gasteiger partial charge is 0.511 e. The van der Waals surface area contributed by atoms with Crippen molar-refractivity contribution in [1.82, 2.24) is 50.9 Å². The van der Waals surface area contributed by atoms with Crippen LogP contribution in [0.15, 0.2) is 59.8 Å². The first-order chi connectivity index (χ1) is 36.4. The summed E-state index contributed by atoms with van der Waals surface area (Å²) in [6.45, 7) is 3.71. The molecule has 4 rings (SSSR count). The molecule has 2 aliphatic heterocycles. The van der Waals surface area contributed by atoms with E-state index in [0.717, 1.165) is 37.7 Å². The maximum absolute atomic E-state index is 12.6. The Kier molecular flexibility index (Phi) is 24.1. The number of unbranched alkanes of at least 4 members (excludes halogenated alkanes) is 5. The number of hydrogen-bond acceptors (Lipinski definition) is 19. The summed E-state index contributed by atoms with van der Waals surface area (Å²) < 4.78 is 0. The molecule has 0 aliphatic carbocycles. The predicted octanol–water partition coefficient (Wildman–Crippen LogP) is 2.88. The number of benzene rings is 1. The number of aliphatic hydroxyl groups is 3. The summed E-state index contributed by atoms with van der Waals surface area (Å²) >= 11 is 0. The summed E-state index contributed by atoms with van der Waals surface area (Å²) in [5.41, 5.74) is -0.970. The molecule has 0 saturated carbocycles. The van der Waals surface area contributed by atoms with E-state index in [1.54, 1.807) is 28.0 Å². The molecule has 77 heavy (non-hydrogen) atoms. The molecule has 2 aliphatic rings. The molecular formula is C51H79N13O13. The molecule has 426 valence electrons. The van der Waals surface area contributed by atoms with Crippen LogP contribution in [0.5, 0.6) is 0 Å². The van der Waals surface area contributed by atoms with Gasteiger partial charge in [-0.15, -0.1) is 0 Å². The lowest BCUT2D eigenvalue weighted by Crippen LogP contribution is -2.68. The van der Waals surface area contributed by atoms with Crippen LogP contribution in [0.3, 0.4) is 0 Å². The third kappa shape index (κ3) is 20.0. The van der Waals surface area contributed by atoms with Gasteiger partial charge in [-0.25, -0.2) is 14.4 Å². The van der Waals surface area contributed by atoms with E-state index in [4.69, 9.17) is 5.11 Å². The number of anilines is 4. The number of aromatic nitrogens is 3. The molecule has 5 atom stereocenters. The Morgan fingerprint density at radius 1 is 0.779 bits per heavy atom. The van der Waals surface area contributed by atoms with Gasteiger partial charge in [-0.1, -0.05) is 37.8 Å². The maximum atomic E-state index is 12.6. The van der Waals surface area contributed by atoms with Crippen molar-refractivity contribution >= 4 is 59.3 Å². The zero-order chi connectivity index (χ0) is 56.9. The Hall–Kier alpha value is -7.29. The SMILES string of the molecule is CN(C)C/C(O)=C\[C@@]12C=C(O)CNC(Cc3ccc(Nc4nc(NCCCCCCCCNC(=O)CC[C@H](NC(=O)N[C@@H](CCC(=O)O)C(=O)O)C(=O)O)nc(N(C)C)n4)cc3)C1(C)N(CC(=O)O)CCN(C)CC(O)=C2. The number of rotatable bonds is 30. The first-order valence-electron chi connectivity index (χ1n) is 25.7. The van der Waals surface area contributed by atoms with Gasteiger partial charge in [0.15, 0.2) is 0 Å². The molecule has 0 radical (unpaired) electrons. The number of hydrogen-bond donors (Lipinski definition) is 13. The minimum Gasteiger partial charge on any atom is -0.511 e. The number of urea groups is 1. The van der Waals surface area contributed by atoms with Crippen molar-refractivity contribution in [1.29, 1.82) is 0 Å². The van der Waals surface area contributed by atoms with E-state index < -0.39 is 77.7 Å². The molecule has 1 aromatic carbocycles.